The molecule has 0 spiro atoms. The van der Waals surface area contributed by atoms with Gasteiger partial charge in [0.15, 0.2) is 0 Å². The number of nitrogens with zero attached hydrogens (tertiary/aromatic N) is 1. The Morgan fingerprint density at radius 1 is 1.12 bits per heavy atom. The van der Waals surface area contributed by atoms with E-state index in [1.54, 1.807) is 12.1 Å². The lowest BCUT2D eigenvalue weighted by Gasteiger charge is -2.05. The Bertz CT molecular complexity index is 466. The van der Waals surface area contributed by atoms with Crippen LogP contribution in [-0.2, 0) is 6.61 Å². The first-order chi connectivity index (χ1) is 7.78. The van der Waals surface area contributed by atoms with Gasteiger partial charge < -0.3 is 9.84 Å². The van der Waals surface area contributed by atoms with Crippen molar-refractivity contribution in [3.05, 3.63) is 53.7 Å². The Morgan fingerprint density at radius 3 is 2.56 bits per heavy atom. The molecular formula is C13H13NO2. The molecule has 0 bridgehead atoms. The molecule has 0 atom stereocenters. The number of hydrogen-bond donors (Lipinski definition) is 1. The van der Waals surface area contributed by atoms with Crippen LogP contribution in [0.5, 0.6) is 11.6 Å². The zero-order valence-electron chi connectivity index (χ0n) is 9.05. The van der Waals surface area contributed by atoms with E-state index in [1.165, 1.54) is 5.56 Å². The second kappa shape index (κ2) is 4.77. The van der Waals surface area contributed by atoms with E-state index in [0.29, 0.717) is 11.6 Å². The third-order valence-electron chi connectivity index (χ3n) is 2.19. The Balaban J connectivity index is 2.16. The molecule has 0 unspecified atom stereocenters. The summed E-state index contributed by atoms with van der Waals surface area (Å²) in [5, 5.41) is 8.95. The molecule has 1 N–H and O–H groups in total. The highest BCUT2D eigenvalue weighted by Crippen LogP contribution is 2.19. The molecule has 0 saturated heterocycles. The van der Waals surface area contributed by atoms with E-state index < -0.39 is 0 Å². The van der Waals surface area contributed by atoms with Gasteiger partial charge in [-0.3, -0.25) is 0 Å². The SMILES string of the molecule is Cc1ccc(Oc2cccc(CO)n2)cc1. The lowest BCUT2D eigenvalue weighted by molar-refractivity contribution is 0.275. The first-order valence-corrected chi connectivity index (χ1v) is 5.09. The molecule has 16 heavy (non-hydrogen) atoms. The average molecular weight is 215 g/mol. The van der Waals surface area contributed by atoms with Gasteiger partial charge in [0.05, 0.1) is 12.3 Å². The van der Waals surface area contributed by atoms with E-state index in [0.717, 1.165) is 5.75 Å². The van der Waals surface area contributed by atoms with Crippen molar-refractivity contribution in [1.29, 1.82) is 0 Å². The van der Waals surface area contributed by atoms with Gasteiger partial charge in [0.25, 0.3) is 0 Å². The van der Waals surface area contributed by atoms with Gasteiger partial charge in [0.2, 0.25) is 5.88 Å². The van der Waals surface area contributed by atoms with Crippen molar-refractivity contribution < 1.29 is 9.84 Å². The monoisotopic (exact) mass is 215 g/mol. The molecule has 3 heteroatoms. The van der Waals surface area contributed by atoms with Crippen LogP contribution in [0.2, 0.25) is 0 Å². The zero-order chi connectivity index (χ0) is 11.4. The van der Waals surface area contributed by atoms with Gasteiger partial charge in [-0.15, -0.1) is 0 Å². The topological polar surface area (TPSA) is 42.4 Å². The highest BCUT2D eigenvalue weighted by Gasteiger charge is 1.99. The van der Waals surface area contributed by atoms with Crippen LogP contribution >= 0.6 is 0 Å². The van der Waals surface area contributed by atoms with Crippen LogP contribution in [0.1, 0.15) is 11.3 Å². The van der Waals surface area contributed by atoms with Gasteiger partial charge in [-0.2, -0.15) is 0 Å². The molecule has 82 valence electrons. The molecule has 0 amide bonds. The molecular weight excluding hydrogens is 202 g/mol. The van der Waals surface area contributed by atoms with Crippen molar-refractivity contribution in [3.63, 3.8) is 0 Å². The van der Waals surface area contributed by atoms with Crippen molar-refractivity contribution in [1.82, 2.24) is 4.98 Å². The van der Waals surface area contributed by atoms with Crippen LogP contribution < -0.4 is 4.74 Å². The largest absolute Gasteiger partial charge is 0.439 e. The standard InChI is InChI=1S/C13H13NO2/c1-10-5-7-12(8-6-10)16-13-4-2-3-11(9-15)14-13/h2-8,15H,9H2,1H3. The van der Waals surface area contributed by atoms with Crippen molar-refractivity contribution in [2.75, 3.05) is 0 Å². The fourth-order valence-corrected chi connectivity index (χ4v) is 1.33. The van der Waals surface area contributed by atoms with Crippen LogP contribution in [0.4, 0.5) is 0 Å². The lowest BCUT2D eigenvalue weighted by Crippen LogP contribution is -1.92. The Hall–Kier alpha value is -1.87. The quantitative estimate of drug-likeness (QED) is 0.855. The normalized spacial score (nSPS) is 10.1. The fourth-order valence-electron chi connectivity index (χ4n) is 1.33. The number of pyridine rings is 1. The molecule has 0 aliphatic heterocycles. The number of rotatable bonds is 3. The first-order valence-electron chi connectivity index (χ1n) is 5.09. The summed E-state index contributed by atoms with van der Waals surface area (Å²) in [4.78, 5) is 4.14. The van der Waals surface area contributed by atoms with Crippen LogP contribution in [0.3, 0.4) is 0 Å². The summed E-state index contributed by atoms with van der Waals surface area (Å²) in [5.74, 6) is 1.24. The van der Waals surface area contributed by atoms with Crippen molar-refractivity contribution in [2.24, 2.45) is 0 Å². The second-order valence-electron chi connectivity index (χ2n) is 3.54. The molecule has 1 heterocycles. The van der Waals surface area contributed by atoms with Gasteiger partial charge in [-0.1, -0.05) is 23.8 Å². The summed E-state index contributed by atoms with van der Waals surface area (Å²) in [7, 11) is 0. The van der Waals surface area contributed by atoms with Crippen molar-refractivity contribution in [2.45, 2.75) is 13.5 Å². The minimum Gasteiger partial charge on any atom is -0.439 e. The number of aryl methyl sites for hydroxylation is 1. The summed E-state index contributed by atoms with van der Waals surface area (Å²) in [5.41, 5.74) is 1.79. The second-order valence-corrected chi connectivity index (χ2v) is 3.54. The maximum atomic E-state index is 8.95. The third kappa shape index (κ3) is 2.58. The van der Waals surface area contributed by atoms with E-state index >= 15 is 0 Å². The molecule has 0 aliphatic rings. The molecule has 0 saturated carbocycles. The molecule has 1 aromatic carbocycles. The Labute approximate surface area is 94.3 Å². The molecule has 2 rings (SSSR count). The fraction of sp³-hybridized carbons (Fsp3) is 0.154. The average Bonchev–Trinajstić information content (AvgIpc) is 2.32. The lowest BCUT2D eigenvalue weighted by atomic mass is 10.2. The van der Waals surface area contributed by atoms with Gasteiger partial charge in [0.1, 0.15) is 5.75 Å². The maximum absolute atomic E-state index is 8.95. The summed E-state index contributed by atoms with van der Waals surface area (Å²) < 4.78 is 5.55. The van der Waals surface area contributed by atoms with Crippen LogP contribution in [-0.4, -0.2) is 10.1 Å². The van der Waals surface area contributed by atoms with E-state index in [4.69, 9.17) is 9.84 Å². The Morgan fingerprint density at radius 2 is 1.88 bits per heavy atom. The van der Waals surface area contributed by atoms with Gasteiger partial charge in [-0.25, -0.2) is 4.98 Å². The predicted octanol–water partition coefficient (Wildman–Crippen LogP) is 2.67. The smallest absolute Gasteiger partial charge is 0.219 e. The van der Waals surface area contributed by atoms with E-state index in [1.807, 2.05) is 37.3 Å². The van der Waals surface area contributed by atoms with Gasteiger partial charge in [0, 0.05) is 6.07 Å². The first kappa shape index (κ1) is 10.6. The van der Waals surface area contributed by atoms with E-state index in [-0.39, 0.29) is 6.61 Å². The van der Waals surface area contributed by atoms with Crippen molar-refractivity contribution >= 4 is 0 Å². The highest BCUT2D eigenvalue weighted by molar-refractivity contribution is 5.30. The summed E-state index contributed by atoms with van der Waals surface area (Å²) in [6, 6.07) is 13.1. The molecule has 3 nitrogen and oxygen atoms in total. The van der Waals surface area contributed by atoms with Crippen LogP contribution in [0.15, 0.2) is 42.5 Å². The third-order valence-corrected chi connectivity index (χ3v) is 2.19. The number of aliphatic hydroxyl groups excluding tert-OH is 1. The number of hydrogen-bond acceptors (Lipinski definition) is 3. The van der Waals surface area contributed by atoms with Gasteiger partial charge >= 0.3 is 0 Å². The molecule has 0 fully saturated rings. The minimum atomic E-state index is -0.0783. The molecule has 0 radical (unpaired) electrons. The Kier molecular flexibility index (Phi) is 3.17. The van der Waals surface area contributed by atoms with Crippen molar-refractivity contribution in [3.8, 4) is 11.6 Å². The number of aliphatic hydroxyl groups is 1. The number of benzene rings is 1. The zero-order valence-corrected chi connectivity index (χ0v) is 9.05. The van der Waals surface area contributed by atoms with Gasteiger partial charge in [-0.05, 0) is 25.1 Å². The maximum Gasteiger partial charge on any atom is 0.219 e. The summed E-state index contributed by atoms with van der Waals surface area (Å²) in [6.45, 7) is 1.94. The molecule has 2 aromatic rings. The minimum absolute atomic E-state index is 0.0783. The highest BCUT2D eigenvalue weighted by atomic mass is 16.5. The number of ether oxygens (including phenoxy) is 1. The summed E-state index contributed by atoms with van der Waals surface area (Å²) >= 11 is 0. The predicted molar refractivity (Wildman–Crippen MR) is 61.4 cm³/mol. The summed E-state index contributed by atoms with van der Waals surface area (Å²) in [6.07, 6.45) is 0. The van der Waals surface area contributed by atoms with E-state index in [9.17, 15) is 0 Å². The molecule has 0 aliphatic carbocycles. The van der Waals surface area contributed by atoms with Crippen LogP contribution in [0.25, 0.3) is 0 Å². The van der Waals surface area contributed by atoms with Crippen LogP contribution in [0, 0.1) is 6.92 Å². The number of aromatic nitrogens is 1. The van der Waals surface area contributed by atoms with E-state index in [2.05, 4.69) is 4.98 Å². The molecule has 1 aromatic heterocycles.